The number of nitrogens with one attached hydrogen (secondary N) is 1. The maximum atomic E-state index is 3.60. The Morgan fingerprint density at radius 3 is 2.59 bits per heavy atom. The van der Waals surface area contributed by atoms with Crippen molar-refractivity contribution in [3.8, 4) is 0 Å². The number of hydrogen-bond acceptors (Lipinski definition) is 2. The molecule has 0 radical (unpaired) electrons. The Bertz CT molecular complexity index is 357. The van der Waals surface area contributed by atoms with Gasteiger partial charge in [-0.05, 0) is 48.8 Å². The van der Waals surface area contributed by atoms with E-state index in [0.29, 0.717) is 5.41 Å². The van der Waals surface area contributed by atoms with E-state index in [9.17, 15) is 0 Å². The van der Waals surface area contributed by atoms with Crippen molar-refractivity contribution in [2.24, 2.45) is 11.8 Å². The molecule has 0 amide bonds. The van der Waals surface area contributed by atoms with Crippen LogP contribution in [0.4, 0.5) is 0 Å². The predicted molar refractivity (Wildman–Crippen MR) is 76.6 cm³/mol. The fourth-order valence-corrected chi connectivity index (χ4v) is 3.17. The summed E-state index contributed by atoms with van der Waals surface area (Å²) in [5, 5.41) is 3.60. The molecule has 1 heterocycles. The molecule has 1 aromatic heterocycles. The summed E-state index contributed by atoms with van der Waals surface area (Å²) in [6.07, 6.45) is 2.91. The molecular weight excluding hydrogens is 226 g/mol. The van der Waals surface area contributed by atoms with E-state index in [2.05, 4.69) is 45.1 Å². The molecule has 1 unspecified atom stereocenters. The maximum absolute atomic E-state index is 3.60. The molecule has 0 saturated heterocycles. The fraction of sp³-hybridized carbons (Fsp3) is 0.733. The Morgan fingerprint density at radius 2 is 2.06 bits per heavy atom. The summed E-state index contributed by atoms with van der Waals surface area (Å²) in [6, 6.07) is 4.56. The SMILES string of the molecule is CC(CNCc1ccc(C(C)(C)C)s1)C1CC1. The first-order valence-electron chi connectivity index (χ1n) is 6.77. The maximum Gasteiger partial charge on any atom is 0.0299 e. The van der Waals surface area contributed by atoms with Gasteiger partial charge >= 0.3 is 0 Å². The topological polar surface area (TPSA) is 12.0 Å². The van der Waals surface area contributed by atoms with Crippen molar-refractivity contribution in [1.29, 1.82) is 0 Å². The molecular formula is C15H25NS. The van der Waals surface area contributed by atoms with Gasteiger partial charge in [-0.15, -0.1) is 11.3 Å². The lowest BCUT2D eigenvalue weighted by Gasteiger charge is -2.15. The van der Waals surface area contributed by atoms with E-state index in [1.165, 1.54) is 29.1 Å². The van der Waals surface area contributed by atoms with Gasteiger partial charge in [-0.1, -0.05) is 27.7 Å². The molecule has 0 aliphatic heterocycles. The first-order chi connectivity index (χ1) is 7.97. The number of rotatable bonds is 5. The van der Waals surface area contributed by atoms with Crippen LogP contribution in [0.2, 0.25) is 0 Å². The fourth-order valence-electron chi connectivity index (χ4n) is 2.13. The van der Waals surface area contributed by atoms with Crippen molar-refractivity contribution in [2.75, 3.05) is 6.54 Å². The highest BCUT2D eigenvalue weighted by molar-refractivity contribution is 7.12. The number of hydrogen-bond donors (Lipinski definition) is 1. The largest absolute Gasteiger partial charge is 0.312 e. The molecule has 2 rings (SSSR count). The quantitative estimate of drug-likeness (QED) is 0.828. The summed E-state index contributed by atoms with van der Waals surface area (Å²) >= 11 is 1.95. The number of thiophene rings is 1. The van der Waals surface area contributed by atoms with Crippen LogP contribution in [-0.4, -0.2) is 6.54 Å². The summed E-state index contributed by atoms with van der Waals surface area (Å²) in [6.45, 7) is 11.4. The molecule has 1 aromatic rings. The van der Waals surface area contributed by atoms with E-state index in [4.69, 9.17) is 0 Å². The molecule has 1 N–H and O–H groups in total. The van der Waals surface area contributed by atoms with Crippen molar-refractivity contribution < 1.29 is 0 Å². The van der Waals surface area contributed by atoms with E-state index < -0.39 is 0 Å². The smallest absolute Gasteiger partial charge is 0.0299 e. The van der Waals surface area contributed by atoms with Crippen LogP contribution in [0.15, 0.2) is 12.1 Å². The second kappa shape index (κ2) is 5.11. The molecule has 1 aliphatic carbocycles. The first kappa shape index (κ1) is 13.1. The summed E-state index contributed by atoms with van der Waals surface area (Å²) in [5.74, 6) is 1.87. The van der Waals surface area contributed by atoms with Crippen molar-refractivity contribution >= 4 is 11.3 Å². The van der Waals surface area contributed by atoms with E-state index in [-0.39, 0.29) is 0 Å². The lowest BCUT2D eigenvalue weighted by molar-refractivity contribution is 0.463. The van der Waals surface area contributed by atoms with Crippen LogP contribution in [0, 0.1) is 11.8 Å². The van der Waals surface area contributed by atoms with Crippen LogP contribution in [0.5, 0.6) is 0 Å². The van der Waals surface area contributed by atoms with Gasteiger partial charge in [-0.3, -0.25) is 0 Å². The van der Waals surface area contributed by atoms with Crippen molar-refractivity contribution in [3.05, 3.63) is 21.9 Å². The second-order valence-corrected chi connectivity index (χ2v) is 7.63. The van der Waals surface area contributed by atoms with Gasteiger partial charge < -0.3 is 5.32 Å². The molecule has 0 bridgehead atoms. The van der Waals surface area contributed by atoms with Gasteiger partial charge in [0.1, 0.15) is 0 Å². The van der Waals surface area contributed by atoms with Gasteiger partial charge in [0, 0.05) is 16.3 Å². The van der Waals surface area contributed by atoms with E-state index in [1.807, 2.05) is 11.3 Å². The van der Waals surface area contributed by atoms with Gasteiger partial charge in [0.05, 0.1) is 0 Å². The average molecular weight is 251 g/mol. The van der Waals surface area contributed by atoms with E-state index in [0.717, 1.165) is 18.4 Å². The van der Waals surface area contributed by atoms with Crippen LogP contribution in [0.1, 0.15) is 50.3 Å². The van der Waals surface area contributed by atoms with Crippen molar-refractivity contribution in [2.45, 2.75) is 52.5 Å². The summed E-state index contributed by atoms with van der Waals surface area (Å²) < 4.78 is 0. The minimum absolute atomic E-state index is 0.296. The Labute approximate surface area is 110 Å². The van der Waals surface area contributed by atoms with Crippen LogP contribution in [0.3, 0.4) is 0 Å². The van der Waals surface area contributed by atoms with Crippen LogP contribution in [0.25, 0.3) is 0 Å². The Morgan fingerprint density at radius 1 is 1.35 bits per heavy atom. The highest BCUT2D eigenvalue weighted by Gasteiger charge is 2.27. The summed E-state index contributed by atoms with van der Waals surface area (Å²) in [5.41, 5.74) is 0.296. The predicted octanol–water partition coefficient (Wildman–Crippen LogP) is 4.18. The third kappa shape index (κ3) is 3.82. The van der Waals surface area contributed by atoms with E-state index in [1.54, 1.807) is 0 Å². The average Bonchev–Trinajstić information content (AvgIpc) is 2.97. The van der Waals surface area contributed by atoms with Gasteiger partial charge in [-0.2, -0.15) is 0 Å². The first-order valence-corrected chi connectivity index (χ1v) is 7.58. The molecule has 1 saturated carbocycles. The summed E-state index contributed by atoms with van der Waals surface area (Å²) in [4.78, 5) is 2.96. The zero-order chi connectivity index (χ0) is 12.5. The molecule has 1 atom stereocenters. The van der Waals surface area contributed by atoms with Crippen molar-refractivity contribution in [1.82, 2.24) is 5.32 Å². The van der Waals surface area contributed by atoms with Crippen LogP contribution >= 0.6 is 11.3 Å². The molecule has 1 nitrogen and oxygen atoms in total. The van der Waals surface area contributed by atoms with Gasteiger partial charge in [-0.25, -0.2) is 0 Å². The Balaban J connectivity index is 1.77. The highest BCUT2D eigenvalue weighted by atomic mass is 32.1. The normalized spacial score (nSPS) is 18.4. The Kier molecular flexibility index (Phi) is 3.94. The monoisotopic (exact) mass is 251 g/mol. The van der Waals surface area contributed by atoms with Crippen LogP contribution < -0.4 is 5.32 Å². The second-order valence-electron chi connectivity index (χ2n) is 6.46. The standard InChI is InChI=1S/C15H25NS/c1-11(12-5-6-12)9-16-10-13-7-8-14(17-13)15(2,3)4/h7-8,11-12,16H,5-6,9-10H2,1-4H3. The highest BCUT2D eigenvalue weighted by Crippen LogP contribution is 2.36. The lowest BCUT2D eigenvalue weighted by atomic mass is 9.95. The molecule has 0 aromatic carbocycles. The molecule has 0 spiro atoms. The summed E-state index contributed by atoms with van der Waals surface area (Å²) in [7, 11) is 0. The van der Waals surface area contributed by atoms with Crippen molar-refractivity contribution in [3.63, 3.8) is 0 Å². The molecule has 1 fully saturated rings. The third-order valence-corrected chi connectivity index (χ3v) is 5.10. The minimum atomic E-state index is 0.296. The molecule has 1 aliphatic rings. The van der Waals surface area contributed by atoms with E-state index >= 15 is 0 Å². The van der Waals surface area contributed by atoms with Gasteiger partial charge in [0.2, 0.25) is 0 Å². The molecule has 2 heteroatoms. The molecule has 17 heavy (non-hydrogen) atoms. The lowest BCUT2D eigenvalue weighted by Crippen LogP contribution is -2.21. The zero-order valence-electron chi connectivity index (χ0n) is 11.5. The Hall–Kier alpha value is -0.340. The molecule has 96 valence electrons. The third-order valence-electron chi connectivity index (χ3n) is 3.59. The van der Waals surface area contributed by atoms with Gasteiger partial charge in [0.25, 0.3) is 0 Å². The van der Waals surface area contributed by atoms with Crippen LogP contribution in [-0.2, 0) is 12.0 Å². The van der Waals surface area contributed by atoms with Gasteiger partial charge in [0.15, 0.2) is 0 Å². The minimum Gasteiger partial charge on any atom is -0.312 e. The zero-order valence-corrected chi connectivity index (χ0v) is 12.4.